The smallest absolute Gasteiger partial charge is 0.0429 e. The number of anilines is 1. The second kappa shape index (κ2) is 13.9. The first-order valence-electron chi connectivity index (χ1n) is 12.9. The summed E-state index contributed by atoms with van der Waals surface area (Å²) in [5.74, 6) is 0. The Hall–Kier alpha value is -2.58. The molecule has 0 bridgehead atoms. The zero-order chi connectivity index (χ0) is 23.3. The lowest BCUT2D eigenvalue weighted by atomic mass is 9.92. The van der Waals surface area contributed by atoms with E-state index in [1.165, 1.54) is 48.1 Å². The van der Waals surface area contributed by atoms with Crippen molar-refractivity contribution in [2.75, 3.05) is 24.5 Å². The topological polar surface area (TPSA) is 15.3 Å². The molecule has 1 aliphatic rings. The van der Waals surface area contributed by atoms with Crippen LogP contribution in [0.1, 0.15) is 61.4 Å². The number of nitrogens with zero attached hydrogens (tertiary/aromatic N) is 1. The first-order valence-corrected chi connectivity index (χ1v) is 12.9. The van der Waals surface area contributed by atoms with E-state index >= 15 is 0 Å². The highest BCUT2D eigenvalue weighted by Gasteiger charge is 2.07. The van der Waals surface area contributed by atoms with Gasteiger partial charge in [-0.1, -0.05) is 74.5 Å². The summed E-state index contributed by atoms with van der Waals surface area (Å²) < 4.78 is 0. The third-order valence-electron chi connectivity index (χ3n) is 6.56. The number of likely N-dealkylation sites (N-methyl/N-ethyl adjacent to an activating group) is 1. The molecule has 3 aromatic rings. The van der Waals surface area contributed by atoms with E-state index in [1.807, 2.05) is 0 Å². The molecule has 0 aliphatic heterocycles. The molecule has 0 saturated heterocycles. The standard InChI is InChI=1S/C21H30N2.C10H12/c1-4-18-8-7-9-21(16-18)23(6-3)17-20-12-10-19(11-13-20)14-15-22-5-2;1-2-6-10-8-4-3-7-9(10)5-1/h7-13,16,22H,4-6,14-15,17H2,1-3H3;1-2,5-6H,3-4,7-8H2. The molecule has 2 heteroatoms. The summed E-state index contributed by atoms with van der Waals surface area (Å²) in [6.45, 7) is 10.7. The van der Waals surface area contributed by atoms with Gasteiger partial charge in [0.05, 0.1) is 0 Å². The molecule has 1 N–H and O–H groups in total. The van der Waals surface area contributed by atoms with Crippen LogP contribution in [0, 0.1) is 0 Å². The van der Waals surface area contributed by atoms with Crippen LogP contribution in [0.4, 0.5) is 5.69 Å². The van der Waals surface area contributed by atoms with Gasteiger partial charge in [0, 0.05) is 18.8 Å². The van der Waals surface area contributed by atoms with Crippen molar-refractivity contribution in [1.82, 2.24) is 5.32 Å². The van der Waals surface area contributed by atoms with Gasteiger partial charge in [0.25, 0.3) is 0 Å². The third-order valence-corrected chi connectivity index (χ3v) is 6.56. The van der Waals surface area contributed by atoms with Gasteiger partial charge in [0.2, 0.25) is 0 Å². The van der Waals surface area contributed by atoms with E-state index < -0.39 is 0 Å². The van der Waals surface area contributed by atoms with Crippen molar-refractivity contribution < 1.29 is 0 Å². The van der Waals surface area contributed by atoms with Crippen molar-refractivity contribution >= 4 is 5.69 Å². The Morgan fingerprint density at radius 2 is 1.39 bits per heavy atom. The molecule has 0 unspecified atom stereocenters. The maximum Gasteiger partial charge on any atom is 0.0429 e. The highest BCUT2D eigenvalue weighted by Crippen LogP contribution is 2.20. The van der Waals surface area contributed by atoms with Crippen LogP contribution in [0.25, 0.3) is 0 Å². The lowest BCUT2D eigenvalue weighted by Crippen LogP contribution is -2.22. The molecule has 0 spiro atoms. The van der Waals surface area contributed by atoms with Crippen LogP contribution in [-0.4, -0.2) is 19.6 Å². The lowest BCUT2D eigenvalue weighted by molar-refractivity contribution is 0.685. The van der Waals surface area contributed by atoms with Crippen LogP contribution in [-0.2, 0) is 32.2 Å². The zero-order valence-electron chi connectivity index (χ0n) is 20.9. The van der Waals surface area contributed by atoms with Crippen LogP contribution in [0.15, 0.2) is 72.8 Å². The zero-order valence-corrected chi connectivity index (χ0v) is 20.9. The average Bonchev–Trinajstić information content (AvgIpc) is 2.89. The van der Waals surface area contributed by atoms with Crippen molar-refractivity contribution in [2.24, 2.45) is 0 Å². The first kappa shape index (κ1) is 25.1. The Balaban J connectivity index is 0.000000252. The summed E-state index contributed by atoms with van der Waals surface area (Å²) in [5, 5.41) is 3.38. The van der Waals surface area contributed by atoms with Gasteiger partial charge in [-0.05, 0) is 98.5 Å². The monoisotopic (exact) mass is 442 g/mol. The predicted octanol–water partition coefficient (Wildman–Crippen LogP) is 6.99. The molecule has 1 aliphatic carbocycles. The maximum atomic E-state index is 3.38. The molecule has 0 amide bonds. The normalized spacial score (nSPS) is 12.5. The number of nitrogens with one attached hydrogen (secondary N) is 1. The van der Waals surface area contributed by atoms with E-state index in [-0.39, 0.29) is 0 Å². The fourth-order valence-electron chi connectivity index (χ4n) is 4.48. The number of fused-ring (bicyclic) bond motifs is 1. The fourth-order valence-corrected chi connectivity index (χ4v) is 4.48. The molecule has 0 atom stereocenters. The summed E-state index contributed by atoms with van der Waals surface area (Å²) in [5.41, 5.74) is 8.66. The van der Waals surface area contributed by atoms with Gasteiger partial charge in [-0.3, -0.25) is 0 Å². The molecular formula is C31H42N2. The SMILES string of the molecule is CCNCCc1ccc(CN(CC)c2cccc(CC)c2)cc1.c1ccc2c(c1)CCCC2. The number of rotatable bonds is 9. The summed E-state index contributed by atoms with van der Waals surface area (Å²) in [7, 11) is 0. The minimum absolute atomic E-state index is 0.969. The van der Waals surface area contributed by atoms with Gasteiger partial charge >= 0.3 is 0 Å². The van der Waals surface area contributed by atoms with Crippen molar-refractivity contribution in [3.8, 4) is 0 Å². The second-order valence-electron chi connectivity index (χ2n) is 8.93. The second-order valence-corrected chi connectivity index (χ2v) is 8.93. The van der Waals surface area contributed by atoms with Crippen molar-refractivity contribution in [3.05, 3.63) is 101 Å². The van der Waals surface area contributed by atoms with E-state index in [1.54, 1.807) is 11.1 Å². The maximum absolute atomic E-state index is 3.38. The summed E-state index contributed by atoms with van der Waals surface area (Å²) in [6.07, 6.45) is 7.57. The minimum Gasteiger partial charge on any atom is -0.367 e. The Morgan fingerprint density at radius 1 is 0.727 bits per heavy atom. The van der Waals surface area contributed by atoms with Gasteiger partial charge in [0.1, 0.15) is 0 Å². The van der Waals surface area contributed by atoms with Crippen LogP contribution in [0.2, 0.25) is 0 Å². The van der Waals surface area contributed by atoms with Crippen molar-refractivity contribution in [2.45, 2.75) is 65.8 Å². The number of hydrogen-bond donors (Lipinski definition) is 1. The molecule has 0 radical (unpaired) electrons. The third kappa shape index (κ3) is 8.05. The van der Waals surface area contributed by atoms with Crippen LogP contribution < -0.4 is 10.2 Å². The number of aryl methyl sites for hydroxylation is 3. The summed E-state index contributed by atoms with van der Waals surface area (Å²) in [4.78, 5) is 2.44. The first-order chi connectivity index (χ1) is 16.2. The quantitative estimate of drug-likeness (QED) is 0.359. The Labute approximate surface area is 202 Å². The Morgan fingerprint density at radius 3 is 2.00 bits per heavy atom. The Kier molecular flexibility index (Phi) is 10.5. The van der Waals surface area contributed by atoms with Crippen molar-refractivity contribution in [3.63, 3.8) is 0 Å². The van der Waals surface area contributed by atoms with Crippen LogP contribution >= 0.6 is 0 Å². The van der Waals surface area contributed by atoms with Crippen LogP contribution in [0.3, 0.4) is 0 Å². The van der Waals surface area contributed by atoms with Crippen molar-refractivity contribution in [1.29, 1.82) is 0 Å². The van der Waals surface area contributed by atoms with E-state index in [2.05, 4.69) is 104 Å². The number of hydrogen-bond acceptors (Lipinski definition) is 2. The molecule has 33 heavy (non-hydrogen) atoms. The van der Waals surface area contributed by atoms with E-state index in [0.717, 1.165) is 39.0 Å². The molecule has 2 nitrogen and oxygen atoms in total. The highest BCUT2D eigenvalue weighted by atomic mass is 15.1. The molecule has 0 fully saturated rings. The molecule has 176 valence electrons. The summed E-state index contributed by atoms with van der Waals surface area (Å²) >= 11 is 0. The lowest BCUT2D eigenvalue weighted by Gasteiger charge is -2.24. The molecular weight excluding hydrogens is 400 g/mol. The van der Waals surface area contributed by atoms with E-state index in [4.69, 9.17) is 0 Å². The highest BCUT2D eigenvalue weighted by molar-refractivity contribution is 5.49. The largest absolute Gasteiger partial charge is 0.367 e. The van der Waals surface area contributed by atoms with E-state index in [9.17, 15) is 0 Å². The molecule has 4 rings (SSSR count). The van der Waals surface area contributed by atoms with Gasteiger partial charge in [-0.2, -0.15) is 0 Å². The fraction of sp³-hybridized carbons (Fsp3) is 0.419. The molecule has 0 saturated carbocycles. The van der Waals surface area contributed by atoms with E-state index in [0.29, 0.717) is 0 Å². The van der Waals surface area contributed by atoms with Gasteiger partial charge in [-0.25, -0.2) is 0 Å². The summed E-state index contributed by atoms with van der Waals surface area (Å²) in [6, 6.07) is 26.8. The van der Waals surface area contributed by atoms with Gasteiger partial charge in [-0.15, -0.1) is 0 Å². The molecule has 0 aromatic heterocycles. The predicted molar refractivity (Wildman–Crippen MR) is 144 cm³/mol. The minimum atomic E-state index is 0.969. The molecule has 3 aromatic carbocycles. The average molecular weight is 443 g/mol. The van der Waals surface area contributed by atoms with Gasteiger partial charge in [0.15, 0.2) is 0 Å². The van der Waals surface area contributed by atoms with Gasteiger partial charge < -0.3 is 10.2 Å². The number of benzene rings is 3. The van der Waals surface area contributed by atoms with Crippen LogP contribution in [0.5, 0.6) is 0 Å². The Bertz CT molecular complexity index is 920. The molecule has 0 heterocycles.